The Labute approximate surface area is 131 Å². The molecule has 118 valence electrons. The number of carbonyl (C=O) groups is 1. The quantitative estimate of drug-likeness (QED) is 0.899. The van der Waals surface area contributed by atoms with Gasteiger partial charge in [0, 0.05) is 5.02 Å². The van der Waals surface area contributed by atoms with E-state index >= 15 is 0 Å². The van der Waals surface area contributed by atoms with Crippen LogP contribution in [0.1, 0.15) is 30.0 Å². The summed E-state index contributed by atoms with van der Waals surface area (Å²) in [7, 11) is 0. The Morgan fingerprint density at radius 1 is 1.50 bits per heavy atom. The number of hydrogen-bond donors (Lipinski definition) is 2. The molecule has 0 saturated carbocycles. The maximum atomic E-state index is 13.9. The van der Waals surface area contributed by atoms with E-state index in [1.807, 2.05) is 0 Å². The Morgan fingerprint density at radius 2 is 2.18 bits per heavy atom. The van der Waals surface area contributed by atoms with Crippen LogP contribution in [0.5, 0.6) is 0 Å². The van der Waals surface area contributed by atoms with Gasteiger partial charge in [-0.3, -0.25) is 4.79 Å². The fourth-order valence-corrected chi connectivity index (χ4v) is 1.99. The van der Waals surface area contributed by atoms with Gasteiger partial charge in [0.1, 0.15) is 11.5 Å². The average molecular weight is 327 g/mol. The van der Waals surface area contributed by atoms with Gasteiger partial charge in [0.25, 0.3) is 5.91 Å². The molecule has 2 N–H and O–H groups in total. The Bertz CT molecular complexity index is 715. The van der Waals surface area contributed by atoms with Crippen LogP contribution in [-0.4, -0.2) is 38.2 Å². The lowest BCUT2D eigenvalue weighted by Crippen LogP contribution is -2.46. The Kier molecular flexibility index (Phi) is 4.48. The van der Waals surface area contributed by atoms with Crippen molar-refractivity contribution in [2.75, 3.05) is 6.61 Å². The highest BCUT2D eigenvalue weighted by molar-refractivity contribution is 6.30. The zero-order valence-electron chi connectivity index (χ0n) is 12.4. The first-order valence-electron chi connectivity index (χ1n) is 6.56. The smallest absolute Gasteiger partial charge is 0.274 e. The van der Waals surface area contributed by atoms with Crippen LogP contribution in [0.4, 0.5) is 4.39 Å². The first-order chi connectivity index (χ1) is 10.2. The lowest BCUT2D eigenvalue weighted by atomic mass is 10.1. The molecule has 22 heavy (non-hydrogen) atoms. The molecule has 1 aromatic heterocycles. The van der Waals surface area contributed by atoms with Crippen LogP contribution in [-0.2, 0) is 0 Å². The molecule has 8 heteroatoms. The molecule has 1 heterocycles. The normalized spacial score (nSPS) is 11.5. The van der Waals surface area contributed by atoms with Gasteiger partial charge in [-0.2, -0.15) is 0 Å². The molecular formula is C14H16ClFN4O2. The topological polar surface area (TPSA) is 80.0 Å². The van der Waals surface area contributed by atoms with Crippen LogP contribution in [0.15, 0.2) is 18.2 Å². The van der Waals surface area contributed by atoms with E-state index in [9.17, 15) is 14.3 Å². The van der Waals surface area contributed by atoms with Gasteiger partial charge in [-0.05, 0) is 39.0 Å². The highest BCUT2D eigenvalue weighted by Crippen LogP contribution is 2.20. The number of rotatable bonds is 4. The van der Waals surface area contributed by atoms with Gasteiger partial charge in [0.15, 0.2) is 5.69 Å². The summed E-state index contributed by atoms with van der Waals surface area (Å²) < 4.78 is 15.2. The first kappa shape index (κ1) is 16.4. The number of amides is 1. The zero-order chi connectivity index (χ0) is 16.5. The van der Waals surface area contributed by atoms with Crippen LogP contribution >= 0.6 is 11.6 Å². The van der Waals surface area contributed by atoms with E-state index in [2.05, 4.69) is 15.6 Å². The van der Waals surface area contributed by atoms with E-state index in [0.29, 0.717) is 5.69 Å². The molecule has 2 aromatic rings. The molecule has 6 nitrogen and oxygen atoms in total. The average Bonchev–Trinajstić information content (AvgIpc) is 2.80. The summed E-state index contributed by atoms with van der Waals surface area (Å²) in [5.74, 6) is -1.06. The highest BCUT2D eigenvalue weighted by atomic mass is 35.5. The Balaban J connectivity index is 2.35. The van der Waals surface area contributed by atoms with Crippen LogP contribution in [0, 0.1) is 12.7 Å². The van der Waals surface area contributed by atoms with Gasteiger partial charge in [0.05, 0.1) is 17.8 Å². The van der Waals surface area contributed by atoms with Crippen molar-refractivity contribution in [2.45, 2.75) is 26.3 Å². The Morgan fingerprint density at radius 3 is 2.77 bits per heavy atom. The van der Waals surface area contributed by atoms with Crippen molar-refractivity contribution < 1.29 is 14.3 Å². The molecule has 0 aliphatic rings. The summed E-state index contributed by atoms with van der Waals surface area (Å²) in [4.78, 5) is 12.2. The molecule has 0 spiro atoms. The van der Waals surface area contributed by atoms with E-state index < -0.39 is 17.3 Å². The minimum absolute atomic E-state index is 0.0656. The summed E-state index contributed by atoms with van der Waals surface area (Å²) in [6.45, 7) is 4.72. The third-order valence-corrected chi connectivity index (χ3v) is 3.33. The number of nitrogens with zero attached hydrogens (tertiary/aromatic N) is 3. The summed E-state index contributed by atoms with van der Waals surface area (Å²) in [5.41, 5.74) is -0.197. The maximum Gasteiger partial charge on any atom is 0.274 e. The predicted molar refractivity (Wildman–Crippen MR) is 79.7 cm³/mol. The SMILES string of the molecule is Cc1c(C(=O)NC(C)(C)CO)nnn1-c1ccc(Cl)cc1F. The van der Waals surface area contributed by atoms with Crippen molar-refractivity contribution in [1.29, 1.82) is 0 Å². The molecule has 0 unspecified atom stereocenters. The number of halogens is 2. The molecule has 2 rings (SSSR count). The van der Waals surface area contributed by atoms with Crippen molar-refractivity contribution in [3.05, 3.63) is 40.4 Å². The number of aliphatic hydroxyl groups is 1. The van der Waals surface area contributed by atoms with Crippen LogP contribution < -0.4 is 5.32 Å². The molecule has 0 aliphatic heterocycles. The zero-order valence-corrected chi connectivity index (χ0v) is 13.1. The summed E-state index contributed by atoms with van der Waals surface area (Å²) in [6, 6.07) is 4.14. The van der Waals surface area contributed by atoms with Gasteiger partial charge in [0.2, 0.25) is 0 Å². The fourth-order valence-electron chi connectivity index (χ4n) is 1.83. The molecule has 1 aromatic carbocycles. The molecule has 1 amide bonds. The molecular weight excluding hydrogens is 311 g/mol. The standard InChI is InChI=1S/C14H16ClFN4O2/c1-8-12(13(22)17-14(2,3)7-21)18-19-20(8)11-5-4-9(15)6-10(11)16/h4-6,21H,7H2,1-3H3,(H,17,22). The second-order valence-electron chi connectivity index (χ2n) is 5.53. The monoisotopic (exact) mass is 326 g/mol. The van der Waals surface area contributed by atoms with Gasteiger partial charge < -0.3 is 10.4 Å². The van der Waals surface area contributed by atoms with Crippen LogP contribution in [0.2, 0.25) is 5.02 Å². The van der Waals surface area contributed by atoms with E-state index in [-0.39, 0.29) is 23.0 Å². The van der Waals surface area contributed by atoms with Gasteiger partial charge in [-0.1, -0.05) is 16.8 Å². The van der Waals surface area contributed by atoms with Gasteiger partial charge >= 0.3 is 0 Å². The van der Waals surface area contributed by atoms with Gasteiger partial charge in [-0.15, -0.1) is 5.10 Å². The minimum atomic E-state index is -0.793. The molecule has 0 bridgehead atoms. The van der Waals surface area contributed by atoms with Crippen molar-refractivity contribution in [3.63, 3.8) is 0 Å². The van der Waals surface area contributed by atoms with Crippen molar-refractivity contribution in [2.24, 2.45) is 0 Å². The van der Waals surface area contributed by atoms with E-state index in [0.717, 1.165) is 6.07 Å². The molecule has 0 aliphatic carbocycles. The minimum Gasteiger partial charge on any atom is -0.394 e. The molecule has 0 atom stereocenters. The Hall–Kier alpha value is -1.99. The first-order valence-corrected chi connectivity index (χ1v) is 6.94. The fraction of sp³-hybridized carbons (Fsp3) is 0.357. The van der Waals surface area contributed by atoms with E-state index in [4.69, 9.17) is 11.6 Å². The number of aliphatic hydroxyl groups excluding tert-OH is 1. The maximum absolute atomic E-state index is 13.9. The van der Waals surface area contributed by atoms with Crippen LogP contribution in [0.25, 0.3) is 5.69 Å². The lowest BCUT2D eigenvalue weighted by Gasteiger charge is -2.22. The number of nitrogens with one attached hydrogen (secondary N) is 1. The van der Waals surface area contributed by atoms with Crippen molar-refractivity contribution >= 4 is 17.5 Å². The molecule has 0 fully saturated rings. The number of hydrogen-bond acceptors (Lipinski definition) is 4. The third kappa shape index (κ3) is 3.26. The number of benzene rings is 1. The predicted octanol–water partition coefficient (Wildman–Crippen LogP) is 1.87. The van der Waals surface area contributed by atoms with Crippen molar-refractivity contribution in [3.8, 4) is 5.69 Å². The number of aromatic nitrogens is 3. The summed E-state index contributed by atoms with van der Waals surface area (Å²) in [5, 5.41) is 19.7. The summed E-state index contributed by atoms with van der Waals surface area (Å²) in [6.07, 6.45) is 0. The van der Waals surface area contributed by atoms with E-state index in [1.54, 1.807) is 20.8 Å². The third-order valence-electron chi connectivity index (χ3n) is 3.09. The van der Waals surface area contributed by atoms with Gasteiger partial charge in [-0.25, -0.2) is 9.07 Å². The molecule has 0 radical (unpaired) electrons. The van der Waals surface area contributed by atoms with Crippen LogP contribution in [0.3, 0.4) is 0 Å². The summed E-state index contributed by atoms with van der Waals surface area (Å²) >= 11 is 5.72. The molecule has 0 saturated heterocycles. The van der Waals surface area contributed by atoms with Crippen molar-refractivity contribution in [1.82, 2.24) is 20.3 Å². The second kappa shape index (κ2) is 6.02. The highest BCUT2D eigenvalue weighted by Gasteiger charge is 2.24. The van der Waals surface area contributed by atoms with E-state index in [1.165, 1.54) is 16.8 Å². The largest absolute Gasteiger partial charge is 0.394 e. The lowest BCUT2D eigenvalue weighted by molar-refractivity contribution is 0.0863. The number of carbonyl (C=O) groups excluding carboxylic acids is 1. The second-order valence-corrected chi connectivity index (χ2v) is 5.96.